The molecule has 0 aromatic heterocycles. The molecule has 2 rings (SSSR count). The molecule has 1 aliphatic rings. The van der Waals surface area contributed by atoms with E-state index in [9.17, 15) is 4.79 Å². The van der Waals surface area contributed by atoms with Crippen LogP contribution in [0.4, 0.5) is 5.69 Å². The number of halogens is 1. The summed E-state index contributed by atoms with van der Waals surface area (Å²) in [5.41, 5.74) is 6.44. The number of nitrogens with one attached hydrogen (secondary N) is 2. The second kappa shape index (κ2) is 6.92. The summed E-state index contributed by atoms with van der Waals surface area (Å²) in [6.07, 6.45) is 0.954. The first-order valence-electron chi connectivity index (χ1n) is 6.73. The van der Waals surface area contributed by atoms with Crippen molar-refractivity contribution in [2.24, 2.45) is 5.73 Å². The van der Waals surface area contributed by atoms with Crippen LogP contribution < -0.4 is 16.4 Å². The monoisotopic (exact) mass is 297 g/mol. The first-order valence-corrected chi connectivity index (χ1v) is 7.11. The Balaban J connectivity index is 1.92. The average Bonchev–Trinajstić information content (AvgIpc) is 2.39. The molecule has 6 heteroatoms. The number of hydrogen-bond donors (Lipinski definition) is 3. The predicted octanol–water partition coefficient (Wildman–Crippen LogP) is 1.62. The van der Waals surface area contributed by atoms with Crippen molar-refractivity contribution in [2.45, 2.75) is 25.4 Å². The predicted molar refractivity (Wildman–Crippen MR) is 80.3 cm³/mol. The molecular weight excluding hydrogens is 278 g/mol. The number of primary amides is 1. The number of nitrogens with two attached hydrogens (primary N) is 1. The van der Waals surface area contributed by atoms with Gasteiger partial charge < -0.3 is 21.1 Å². The summed E-state index contributed by atoms with van der Waals surface area (Å²) in [6.45, 7) is 4.53. The topological polar surface area (TPSA) is 76.4 Å². The van der Waals surface area contributed by atoms with E-state index in [1.165, 1.54) is 0 Å². The van der Waals surface area contributed by atoms with Gasteiger partial charge in [0.2, 0.25) is 5.91 Å². The normalized spacial score (nSPS) is 20.4. The summed E-state index contributed by atoms with van der Waals surface area (Å²) < 4.78 is 5.43. The quantitative estimate of drug-likeness (QED) is 0.772. The first-order chi connectivity index (χ1) is 9.56. The van der Waals surface area contributed by atoms with Gasteiger partial charge in [0.1, 0.15) is 0 Å². The maximum atomic E-state index is 11.1. The summed E-state index contributed by atoms with van der Waals surface area (Å²) in [7, 11) is 0. The van der Waals surface area contributed by atoms with E-state index in [1.54, 1.807) is 12.1 Å². The van der Waals surface area contributed by atoms with Gasteiger partial charge in [-0.1, -0.05) is 11.6 Å². The molecule has 1 amide bonds. The lowest BCUT2D eigenvalue weighted by Gasteiger charge is -2.27. The molecule has 0 aliphatic carbocycles. The molecule has 1 aromatic rings. The number of anilines is 1. The lowest BCUT2D eigenvalue weighted by Crippen LogP contribution is -2.43. The molecule has 0 spiro atoms. The molecular formula is C14H20ClN3O2. The number of hydrogen-bond acceptors (Lipinski definition) is 4. The van der Waals surface area contributed by atoms with Crippen molar-refractivity contribution >= 4 is 23.2 Å². The zero-order valence-corrected chi connectivity index (χ0v) is 12.2. The van der Waals surface area contributed by atoms with Gasteiger partial charge in [-0.25, -0.2) is 0 Å². The van der Waals surface area contributed by atoms with Gasteiger partial charge in [0.05, 0.1) is 23.8 Å². The Morgan fingerprint density at radius 2 is 2.45 bits per heavy atom. The van der Waals surface area contributed by atoms with Crippen LogP contribution in [0.2, 0.25) is 5.02 Å². The van der Waals surface area contributed by atoms with Crippen LogP contribution in [0.25, 0.3) is 0 Å². The van der Waals surface area contributed by atoms with E-state index < -0.39 is 5.91 Å². The highest BCUT2D eigenvalue weighted by atomic mass is 35.5. The molecule has 20 heavy (non-hydrogen) atoms. The zero-order chi connectivity index (χ0) is 14.5. The Labute approximate surface area is 123 Å². The van der Waals surface area contributed by atoms with Crippen LogP contribution in [0.5, 0.6) is 0 Å². The number of carbonyl (C=O) groups is 1. The van der Waals surface area contributed by atoms with Crippen LogP contribution in [-0.2, 0) is 4.74 Å². The van der Waals surface area contributed by atoms with Crippen molar-refractivity contribution in [2.75, 3.05) is 25.1 Å². The number of rotatable bonds is 5. The van der Waals surface area contributed by atoms with E-state index in [2.05, 4.69) is 17.6 Å². The van der Waals surface area contributed by atoms with Crippen molar-refractivity contribution in [1.29, 1.82) is 0 Å². The molecule has 0 saturated carbocycles. The van der Waals surface area contributed by atoms with Crippen LogP contribution in [0.3, 0.4) is 0 Å². The van der Waals surface area contributed by atoms with Crippen molar-refractivity contribution in [3.8, 4) is 0 Å². The fraction of sp³-hybridized carbons (Fsp3) is 0.500. The lowest BCUT2D eigenvalue weighted by atomic mass is 10.1. The van der Waals surface area contributed by atoms with Gasteiger partial charge >= 0.3 is 0 Å². The molecule has 1 fully saturated rings. The highest BCUT2D eigenvalue weighted by Gasteiger charge is 2.16. The summed E-state index contributed by atoms with van der Waals surface area (Å²) >= 11 is 6.03. The van der Waals surface area contributed by atoms with Crippen LogP contribution in [-0.4, -0.2) is 37.7 Å². The van der Waals surface area contributed by atoms with E-state index in [0.29, 0.717) is 16.6 Å². The van der Waals surface area contributed by atoms with Crippen LogP contribution in [0.1, 0.15) is 23.7 Å². The SMILES string of the molecule is CC(CC1COCCN1)Nc1ccc(C(N)=O)c(Cl)c1. The molecule has 5 nitrogen and oxygen atoms in total. The Kier molecular flexibility index (Phi) is 5.23. The Hall–Kier alpha value is -1.30. The summed E-state index contributed by atoms with van der Waals surface area (Å²) in [4.78, 5) is 11.1. The zero-order valence-electron chi connectivity index (χ0n) is 11.5. The van der Waals surface area contributed by atoms with Crippen molar-refractivity contribution in [3.05, 3.63) is 28.8 Å². The van der Waals surface area contributed by atoms with Crippen LogP contribution in [0, 0.1) is 0 Å². The summed E-state index contributed by atoms with van der Waals surface area (Å²) in [5.74, 6) is -0.516. The fourth-order valence-corrected chi connectivity index (χ4v) is 2.62. The Bertz CT molecular complexity index is 475. The fourth-order valence-electron chi connectivity index (χ4n) is 2.35. The molecule has 110 valence electrons. The maximum absolute atomic E-state index is 11.1. The minimum absolute atomic E-state index is 0.268. The minimum Gasteiger partial charge on any atom is -0.382 e. The molecule has 1 aromatic carbocycles. The van der Waals surface area contributed by atoms with E-state index in [-0.39, 0.29) is 6.04 Å². The van der Waals surface area contributed by atoms with Gasteiger partial charge in [0.15, 0.2) is 0 Å². The van der Waals surface area contributed by atoms with Gasteiger partial charge in [-0.15, -0.1) is 0 Å². The number of morpholine rings is 1. The van der Waals surface area contributed by atoms with Crippen LogP contribution in [0.15, 0.2) is 18.2 Å². The van der Waals surface area contributed by atoms with Crippen molar-refractivity contribution in [3.63, 3.8) is 0 Å². The molecule has 0 radical (unpaired) electrons. The third kappa shape index (κ3) is 4.10. The van der Waals surface area contributed by atoms with Gasteiger partial charge in [0.25, 0.3) is 0 Å². The standard InChI is InChI=1S/C14H20ClN3O2/c1-9(6-11-8-20-5-4-17-11)18-10-2-3-12(14(16)19)13(15)7-10/h2-3,7,9,11,17-18H,4-6,8H2,1H3,(H2,16,19). The van der Waals surface area contributed by atoms with Gasteiger partial charge in [-0.05, 0) is 31.5 Å². The summed E-state index contributed by atoms with van der Waals surface area (Å²) in [5, 5.41) is 7.15. The summed E-state index contributed by atoms with van der Waals surface area (Å²) in [6, 6.07) is 5.81. The first kappa shape index (κ1) is 15.1. The van der Waals surface area contributed by atoms with Crippen molar-refractivity contribution < 1.29 is 9.53 Å². The molecule has 2 unspecified atom stereocenters. The van der Waals surface area contributed by atoms with Gasteiger partial charge in [-0.2, -0.15) is 0 Å². The second-order valence-corrected chi connectivity index (χ2v) is 5.47. The lowest BCUT2D eigenvalue weighted by molar-refractivity contribution is 0.0731. The second-order valence-electron chi connectivity index (χ2n) is 5.07. The van der Waals surface area contributed by atoms with E-state index in [1.807, 2.05) is 6.07 Å². The Morgan fingerprint density at radius 3 is 3.05 bits per heavy atom. The number of amides is 1. The molecule has 0 bridgehead atoms. The molecule has 1 heterocycles. The van der Waals surface area contributed by atoms with Crippen molar-refractivity contribution in [1.82, 2.24) is 5.32 Å². The largest absolute Gasteiger partial charge is 0.382 e. The average molecular weight is 298 g/mol. The number of ether oxygens (including phenoxy) is 1. The molecule has 1 aliphatic heterocycles. The van der Waals surface area contributed by atoms with Gasteiger partial charge in [0, 0.05) is 24.3 Å². The number of carbonyl (C=O) groups excluding carboxylic acids is 1. The molecule has 4 N–H and O–H groups in total. The number of benzene rings is 1. The van der Waals surface area contributed by atoms with Crippen LogP contribution >= 0.6 is 11.6 Å². The van der Waals surface area contributed by atoms with E-state index in [0.717, 1.165) is 31.9 Å². The third-order valence-corrected chi connectivity index (χ3v) is 3.60. The highest BCUT2D eigenvalue weighted by molar-refractivity contribution is 6.34. The smallest absolute Gasteiger partial charge is 0.250 e. The maximum Gasteiger partial charge on any atom is 0.250 e. The Morgan fingerprint density at radius 1 is 1.65 bits per heavy atom. The highest BCUT2D eigenvalue weighted by Crippen LogP contribution is 2.21. The van der Waals surface area contributed by atoms with Gasteiger partial charge in [-0.3, -0.25) is 4.79 Å². The van der Waals surface area contributed by atoms with E-state index in [4.69, 9.17) is 22.1 Å². The minimum atomic E-state index is -0.516. The third-order valence-electron chi connectivity index (χ3n) is 3.28. The molecule has 1 saturated heterocycles. The van der Waals surface area contributed by atoms with E-state index >= 15 is 0 Å². The molecule has 2 atom stereocenters.